The highest BCUT2D eigenvalue weighted by molar-refractivity contribution is 5.27. The van der Waals surface area contributed by atoms with Gasteiger partial charge in [0.2, 0.25) is 0 Å². The van der Waals surface area contributed by atoms with E-state index in [2.05, 4.69) is 54.6 Å². The van der Waals surface area contributed by atoms with Gasteiger partial charge in [-0.25, -0.2) is 0 Å². The van der Waals surface area contributed by atoms with Gasteiger partial charge in [-0.1, -0.05) is 73.9 Å². The number of hydrogen-bond acceptors (Lipinski definition) is 0. The minimum absolute atomic E-state index is 0.826. The summed E-state index contributed by atoms with van der Waals surface area (Å²) in [4.78, 5) is 0. The Bertz CT molecular complexity index is 503. The Morgan fingerprint density at radius 2 is 1.25 bits per heavy atom. The van der Waals surface area contributed by atoms with Crippen LogP contribution >= 0.6 is 0 Å². The van der Waals surface area contributed by atoms with Crippen molar-refractivity contribution in [2.24, 2.45) is 0 Å². The summed E-state index contributed by atoms with van der Waals surface area (Å²) in [6, 6.07) is 20.2. The van der Waals surface area contributed by atoms with Gasteiger partial charge in [-0.05, 0) is 48.3 Å². The summed E-state index contributed by atoms with van der Waals surface area (Å²) in [6.45, 7) is 0. The quantitative estimate of drug-likeness (QED) is 0.682. The van der Waals surface area contributed by atoms with Crippen LogP contribution in [0.2, 0.25) is 0 Å². The average molecular weight is 264 g/mol. The van der Waals surface area contributed by atoms with Crippen molar-refractivity contribution in [3.63, 3.8) is 0 Å². The van der Waals surface area contributed by atoms with Gasteiger partial charge >= 0.3 is 0 Å². The standard InChI is InChI=1S/C20H24/c1-3-7-17(8-4-1)11-12-18-13-15-20(16-14-18)19-9-5-2-6-10-19/h1,3-4,7-8,13-16,19H,2,5-6,9-12H2. The van der Waals surface area contributed by atoms with Crippen LogP contribution in [0.25, 0.3) is 0 Å². The highest BCUT2D eigenvalue weighted by atomic mass is 14.2. The highest BCUT2D eigenvalue weighted by Gasteiger charge is 2.14. The van der Waals surface area contributed by atoms with E-state index in [0.29, 0.717) is 0 Å². The maximum absolute atomic E-state index is 2.37. The molecule has 1 fully saturated rings. The Morgan fingerprint density at radius 1 is 0.650 bits per heavy atom. The molecule has 0 heteroatoms. The zero-order valence-electron chi connectivity index (χ0n) is 12.2. The van der Waals surface area contributed by atoms with E-state index in [4.69, 9.17) is 0 Å². The lowest BCUT2D eigenvalue weighted by Crippen LogP contribution is -2.04. The first-order valence-corrected chi connectivity index (χ1v) is 8.04. The summed E-state index contributed by atoms with van der Waals surface area (Å²) in [7, 11) is 0. The number of hydrogen-bond donors (Lipinski definition) is 0. The molecule has 0 atom stereocenters. The van der Waals surface area contributed by atoms with E-state index in [-0.39, 0.29) is 0 Å². The van der Waals surface area contributed by atoms with Gasteiger partial charge in [0, 0.05) is 0 Å². The van der Waals surface area contributed by atoms with Crippen LogP contribution in [0.1, 0.15) is 54.7 Å². The molecule has 0 aliphatic heterocycles. The highest BCUT2D eigenvalue weighted by Crippen LogP contribution is 2.32. The molecular formula is C20H24. The SMILES string of the molecule is c1ccc(CCc2ccc(C3CCCCC3)cc2)cc1. The molecule has 0 heterocycles. The monoisotopic (exact) mass is 264 g/mol. The summed E-state index contributed by atoms with van der Waals surface area (Å²) in [5, 5.41) is 0. The molecule has 0 amide bonds. The third-order valence-electron chi connectivity index (χ3n) is 4.60. The van der Waals surface area contributed by atoms with Gasteiger partial charge in [-0.15, -0.1) is 0 Å². The Balaban J connectivity index is 1.58. The van der Waals surface area contributed by atoms with Crippen LogP contribution in [0.3, 0.4) is 0 Å². The first kappa shape index (κ1) is 13.4. The van der Waals surface area contributed by atoms with Crippen molar-refractivity contribution in [3.05, 3.63) is 71.3 Å². The molecular weight excluding hydrogens is 240 g/mol. The second kappa shape index (κ2) is 6.74. The molecule has 0 bridgehead atoms. The number of rotatable bonds is 4. The number of benzene rings is 2. The summed E-state index contributed by atoms with van der Waals surface area (Å²) in [5.41, 5.74) is 4.46. The van der Waals surface area contributed by atoms with Gasteiger partial charge in [-0.2, -0.15) is 0 Å². The van der Waals surface area contributed by atoms with Crippen molar-refractivity contribution >= 4 is 0 Å². The summed E-state index contributed by atoms with van der Waals surface area (Å²) in [5.74, 6) is 0.826. The molecule has 104 valence electrons. The van der Waals surface area contributed by atoms with E-state index >= 15 is 0 Å². The fourth-order valence-corrected chi connectivity index (χ4v) is 3.33. The smallest absolute Gasteiger partial charge is 0.0162 e. The molecule has 20 heavy (non-hydrogen) atoms. The molecule has 0 N–H and O–H groups in total. The van der Waals surface area contributed by atoms with Crippen LogP contribution in [0.15, 0.2) is 54.6 Å². The number of aryl methyl sites for hydroxylation is 2. The molecule has 1 saturated carbocycles. The Morgan fingerprint density at radius 3 is 1.90 bits per heavy atom. The Hall–Kier alpha value is -1.56. The third kappa shape index (κ3) is 3.50. The minimum Gasteiger partial charge on any atom is -0.0622 e. The lowest BCUT2D eigenvalue weighted by molar-refractivity contribution is 0.443. The third-order valence-corrected chi connectivity index (χ3v) is 4.60. The Labute approximate surface area is 122 Å². The predicted molar refractivity (Wildman–Crippen MR) is 86.1 cm³/mol. The van der Waals surface area contributed by atoms with Gasteiger partial charge < -0.3 is 0 Å². The molecule has 0 aromatic heterocycles. The summed E-state index contributed by atoms with van der Waals surface area (Å²) in [6.07, 6.45) is 9.35. The van der Waals surface area contributed by atoms with Gasteiger partial charge in [-0.3, -0.25) is 0 Å². The second-order valence-corrected chi connectivity index (χ2v) is 6.06. The zero-order chi connectivity index (χ0) is 13.6. The molecule has 3 rings (SSSR count). The summed E-state index contributed by atoms with van der Waals surface area (Å²) >= 11 is 0. The van der Waals surface area contributed by atoms with Crippen LogP contribution in [-0.2, 0) is 12.8 Å². The lowest BCUT2D eigenvalue weighted by atomic mass is 9.84. The maximum atomic E-state index is 2.37. The van der Waals surface area contributed by atoms with Crippen molar-refractivity contribution in [2.75, 3.05) is 0 Å². The van der Waals surface area contributed by atoms with Crippen molar-refractivity contribution in [1.82, 2.24) is 0 Å². The minimum atomic E-state index is 0.826. The average Bonchev–Trinajstić information content (AvgIpc) is 2.55. The predicted octanol–water partition coefficient (Wildman–Crippen LogP) is 5.52. The van der Waals surface area contributed by atoms with Crippen LogP contribution in [0.4, 0.5) is 0 Å². The molecule has 0 nitrogen and oxygen atoms in total. The molecule has 2 aromatic carbocycles. The van der Waals surface area contributed by atoms with Gasteiger partial charge in [0.05, 0.1) is 0 Å². The zero-order valence-corrected chi connectivity index (χ0v) is 12.2. The molecule has 2 aromatic rings. The fraction of sp³-hybridized carbons (Fsp3) is 0.400. The van der Waals surface area contributed by atoms with E-state index in [0.717, 1.165) is 18.8 Å². The second-order valence-electron chi connectivity index (χ2n) is 6.06. The van der Waals surface area contributed by atoms with Gasteiger partial charge in [0.25, 0.3) is 0 Å². The van der Waals surface area contributed by atoms with Crippen LogP contribution in [0.5, 0.6) is 0 Å². The van der Waals surface area contributed by atoms with Crippen LogP contribution in [-0.4, -0.2) is 0 Å². The van der Waals surface area contributed by atoms with Crippen molar-refractivity contribution in [3.8, 4) is 0 Å². The normalized spacial score (nSPS) is 16.2. The van der Waals surface area contributed by atoms with Crippen molar-refractivity contribution in [2.45, 2.75) is 50.9 Å². The largest absolute Gasteiger partial charge is 0.0622 e. The van der Waals surface area contributed by atoms with Gasteiger partial charge in [0.15, 0.2) is 0 Å². The molecule has 1 aliphatic carbocycles. The van der Waals surface area contributed by atoms with Crippen LogP contribution in [0, 0.1) is 0 Å². The maximum Gasteiger partial charge on any atom is -0.0162 e. The molecule has 0 unspecified atom stereocenters. The van der Waals surface area contributed by atoms with E-state index in [9.17, 15) is 0 Å². The van der Waals surface area contributed by atoms with Crippen molar-refractivity contribution < 1.29 is 0 Å². The first-order chi connectivity index (χ1) is 9.92. The molecule has 0 spiro atoms. The topological polar surface area (TPSA) is 0 Å². The Kier molecular flexibility index (Phi) is 4.53. The first-order valence-electron chi connectivity index (χ1n) is 8.04. The van der Waals surface area contributed by atoms with Crippen molar-refractivity contribution in [1.29, 1.82) is 0 Å². The van der Waals surface area contributed by atoms with E-state index in [1.54, 1.807) is 5.56 Å². The van der Waals surface area contributed by atoms with E-state index < -0.39 is 0 Å². The van der Waals surface area contributed by atoms with Crippen LogP contribution < -0.4 is 0 Å². The van der Waals surface area contributed by atoms with E-state index in [1.807, 2.05) is 0 Å². The fourth-order valence-electron chi connectivity index (χ4n) is 3.33. The molecule has 1 aliphatic rings. The summed E-state index contributed by atoms with van der Waals surface area (Å²) < 4.78 is 0. The molecule has 0 radical (unpaired) electrons. The lowest BCUT2D eigenvalue weighted by Gasteiger charge is -2.22. The van der Waals surface area contributed by atoms with E-state index in [1.165, 1.54) is 43.2 Å². The van der Waals surface area contributed by atoms with Gasteiger partial charge in [0.1, 0.15) is 0 Å². The molecule has 0 saturated heterocycles.